The number of amides is 1. The molecule has 1 amide bonds. The van der Waals surface area contributed by atoms with Gasteiger partial charge in [-0.1, -0.05) is 48.5 Å². The first-order valence-electron chi connectivity index (χ1n) is 12.4. The lowest BCUT2D eigenvalue weighted by Gasteiger charge is -2.10. The maximum absolute atomic E-state index is 13.5. The molecule has 4 aromatic carbocycles. The number of rotatable bonds is 7. The summed E-state index contributed by atoms with van der Waals surface area (Å²) in [6.45, 7) is -0.316. The number of benzene rings is 4. The fraction of sp³-hybridized carbons (Fsp3) is 0.0323. The molecule has 0 radical (unpaired) electrons. The summed E-state index contributed by atoms with van der Waals surface area (Å²) >= 11 is 0. The van der Waals surface area contributed by atoms with Gasteiger partial charge in [0.2, 0.25) is 5.82 Å². The SMILES string of the molecule is O=C(COc1ccccc1C=Nn1c(-c2cc3ccccc3o2)nc2ccccc2c1=O)Nc1cccc(F)c1. The van der Waals surface area contributed by atoms with Gasteiger partial charge in [0.25, 0.3) is 11.5 Å². The van der Waals surface area contributed by atoms with Crippen LogP contribution < -0.4 is 15.6 Å². The molecule has 196 valence electrons. The van der Waals surface area contributed by atoms with Gasteiger partial charge in [0, 0.05) is 16.6 Å². The Morgan fingerprint density at radius 3 is 2.65 bits per heavy atom. The van der Waals surface area contributed by atoms with Crippen molar-refractivity contribution in [3.8, 4) is 17.3 Å². The first kappa shape index (κ1) is 24.7. The maximum Gasteiger partial charge on any atom is 0.282 e. The highest BCUT2D eigenvalue weighted by atomic mass is 19.1. The van der Waals surface area contributed by atoms with Crippen molar-refractivity contribution < 1.29 is 18.3 Å². The minimum absolute atomic E-state index is 0.240. The fourth-order valence-electron chi connectivity index (χ4n) is 4.23. The van der Waals surface area contributed by atoms with Crippen LogP contribution in [0.3, 0.4) is 0 Å². The molecule has 0 aliphatic heterocycles. The van der Waals surface area contributed by atoms with Crippen molar-refractivity contribution in [3.05, 3.63) is 125 Å². The summed E-state index contributed by atoms with van der Waals surface area (Å²) in [4.78, 5) is 30.6. The number of carbonyl (C=O) groups excluding carboxylic acids is 1. The van der Waals surface area contributed by atoms with E-state index in [1.54, 1.807) is 48.5 Å². The molecule has 1 N–H and O–H groups in total. The van der Waals surface area contributed by atoms with Gasteiger partial charge in [-0.2, -0.15) is 9.78 Å². The Balaban J connectivity index is 1.32. The van der Waals surface area contributed by atoms with E-state index < -0.39 is 11.7 Å². The Labute approximate surface area is 227 Å². The second-order valence-electron chi connectivity index (χ2n) is 8.85. The van der Waals surface area contributed by atoms with Crippen LogP contribution in [0, 0.1) is 5.82 Å². The molecule has 0 fully saturated rings. The summed E-state index contributed by atoms with van der Waals surface area (Å²) in [5.74, 6) is 0.0803. The fourth-order valence-corrected chi connectivity index (χ4v) is 4.23. The summed E-state index contributed by atoms with van der Waals surface area (Å²) in [5, 5.41) is 8.33. The summed E-state index contributed by atoms with van der Waals surface area (Å²) < 4.78 is 26.3. The van der Waals surface area contributed by atoms with Crippen LogP contribution >= 0.6 is 0 Å². The lowest BCUT2D eigenvalue weighted by molar-refractivity contribution is -0.118. The van der Waals surface area contributed by atoms with Crippen molar-refractivity contribution in [1.29, 1.82) is 0 Å². The number of nitrogens with zero attached hydrogens (tertiary/aromatic N) is 3. The minimum Gasteiger partial charge on any atom is -0.483 e. The Bertz CT molecular complexity index is 1930. The average Bonchev–Trinajstić information content (AvgIpc) is 3.40. The molecule has 0 saturated heterocycles. The summed E-state index contributed by atoms with van der Waals surface area (Å²) in [6, 6.07) is 28.9. The van der Waals surface area contributed by atoms with Gasteiger partial charge >= 0.3 is 0 Å². The second-order valence-corrected chi connectivity index (χ2v) is 8.85. The van der Waals surface area contributed by atoms with Gasteiger partial charge in [0.1, 0.15) is 17.1 Å². The van der Waals surface area contributed by atoms with Crippen LogP contribution in [0.15, 0.2) is 117 Å². The largest absolute Gasteiger partial charge is 0.483 e. The monoisotopic (exact) mass is 532 g/mol. The van der Waals surface area contributed by atoms with Crippen molar-refractivity contribution in [2.45, 2.75) is 0 Å². The van der Waals surface area contributed by atoms with Gasteiger partial charge in [-0.05, 0) is 54.6 Å². The van der Waals surface area contributed by atoms with Crippen LogP contribution in [0.4, 0.5) is 10.1 Å². The topological polar surface area (TPSA) is 98.7 Å². The molecule has 0 aliphatic rings. The van der Waals surface area contributed by atoms with Crippen LogP contribution in [0.5, 0.6) is 5.75 Å². The van der Waals surface area contributed by atoms with E-state index in [-0.39, 0.29) is 18.0 Å². The standard InChI is InChI=1S/C31H21FN4O4/c32-22-10-7-11-23(17-22)34-29(37)19-39-26-14-5-2-9-21(26)18-33-36-30(28-16-20-8-1-6-15-27(20)40-28)35-25-13-4-3-12-24(25)31(36)38/h1-18H,19H2,(H,34,37). The zero-order valence-corrected chi connectivity index (χ0v) is 21.0. The van der Waals surface area contributed by atoms with E-state index in [0.29, 0.717) is 39.2 Å². The Morgan fingerprint density at radius 2 is 1.77 bits per heavy atom. The first-order chi connectivity index (χ1) is 19.5. The Hall–Kier alpha value is -5.57. The number of furan rings is 1. The molecule has 6 rings (SSSR count). The van der Waals surface area contributed by atoms with Crippen molar-refractivity contribution in [2.75, 3.05) is 11.9 Å². The van der Waals surface area contributed by atoms with Crippen molar-refractivity contribution in [1.82, 2.24) is 9.66 Å². The molecule has 6 aromatic rings. The predicted octanol–water partition coefficient (Wildman–Crippen LogP) is 5.85. The number of hydrogen-bond donors (Lipinski definition) is 1. The van der Waals surface area contributed by atoms with E-state index in [9.17, 15) is 14.0 Å². The van der Waals surface area contributed by atoms with Crippen molar-refractivity contribution in [2.24, 2.45) is 5.10 Å². The molecule has 0 atom stereocenters. The number of fused-ring (bicyclic) bond motifs is 2. The van der Waals surface area contributed by atoms with Crippen LogP contribution in [0.1, 0.15) is 5.56 Å². The molecule has 0 unspecified atom stereocenters. The first-order valence-corrected chi connectivity index (χ1v) is 12.4. The number of nitrogens with one attached hydrogen (secondary N) is 1. The highest BCUT2D eigenvalue weighted by Crippen LogP contribution is 2.27. The molecule has 2 heterocycles. The quantitative estimate of drug-likeness (QED) is 0.260. The van der Waals surface area contributed by atoms with Crippen LogP contribution in [-0.2, 0) is 4.79 Å². The number of para-hydroxylation sites is 3. The summed E-state index contributed by atoms with van der Waals surface area (Å²) in [7, 11) is 0. The third kappa shape index (κ3) is 5.08. The number of ether oxygens (including phenoxy) is 1. The molecule has 40 heavy (non-hydrogen) atoms. The second kappa shape index (κ2) is 10.7. The molecule has 0 aliphatic carbocycles. The van der Waals surface area contributed by atoms with E-state index >= 15 is 0 Å². The number of aromatic nitrogens is 2. The van der Waals surface area contributed by atoms with E-state index in [4.69, 9.17) is 9.15 Å². The van der Waals surface area contributed by atoms with Crippen molar-refractivity contribution >= 4 is 39.7 Å². The van der Waals surface area contributed by atoms with E-state index in [1.165, 1.54) is 29.1 Å². The van der Waals surface area contributed by atoms with Gasteiger partial charge in [-0.25, -0.2) is 9.37 Å². The Morgan fingerprint density at radius 1 is 0.975 bits per heavy atom. The maximum atomic E-state index is 13.5. The highest BCUT2D eigenvalue weighted by molar-refractivity contribution is 5.92. The molecule has 9 heteroatoms. The summed E-state index contributed by atoms with van der Waals surface area (Å²) in [6.07, 6.45) is 1.46. The molecule has 0 spiro atoms. The Kier molecular flexibility index (Phi) is 6.60. The smallest absolute Gasteiger partial charge is 0.282 e. The van der Waals surface area contributed by atoms with Gasteiger partial charge in [0.15, 0.2) is 12.4 Å². The molecule has 0 bridgehead atoms. The number of halogens is 1. The molecule has 8 nitrogen and oxygen atoms in total. The molecule has 2 aromatic heterocycles. The summed E-state index contributed by atoms with van der Waals surface area (Å²) in [5.41, 5.74) is 1.65. The lowest BCUT2D eigenvalue weighted by Crippen LogP contribution is -2.21. The number of carbonyl (C=O) groups is 1. The average molecular weight is 533 g/mol. The zero-order valence-electron chi connectivity index (χ0n) is 21.0. The van der Waals surface area contributed by atoms with Gasteiger partial charge in [-0.3, -0.25) is 9.59 Å². The van der Waals surface area contributed by atoms with Gasteiger partial charge in [0.05, 0.1) is 17.1 Å². The van der Waals surface area contributed by atoms with Crippen LogP contribution in [-0.4, -0.2) is 28.4 Å². The third-order valence-corrected chi connectivity index (χ3v) is 6.10. The third-order valence-electron chi connectivity index (χ3n) is 6.10. The van der Waals surface area contributed by atoms with Gasteiger partial charge in [-0.15, -0.1) is 0 Å². The zero-order chi connectivity index (χ0) is 27.5. The predicted molar refractivity (Wildman–Crippen MR) is 151 cm³/mol. The van der Waals surface area contributed by atoms with Crippen molar-refractivity contribution in [3.63, 3.8) is 0 Å². The normalized spacial score (nSPS) is 11.3. The van der Waals surface area contributed by atoms with Gasteiger partial charge < -0.3 is 14.5 Å². The molecular weight excluding hydrogens is 511 g/mol. The molecular formula is C31H21FN4O4. The number of hydrogen-bond acceptors (Lipinski definition) is 6. The lowest BCUT2D eigenvalue weighted by atomic mass is 10.2. The number of anilines is 1. The van der Waals surface area contributed by atoms with E-state index in [1.807, 2.05) is 36.4 Å². The highest BCUT2D eigenvalue weighted by Gasteiger charge is 2.16. The van der Waals surface area contributed by atoms with Crippen LogP contribution in [0.2, 0.25) is 0 Å². The van der Waals surface area contributed by atoms with Crippen LogP contribution in [0.25, 0.3) is 33.5 Å². The van der Waals surface area contributed by atoms with E-state index in [0.717, 1.165) is 5.39 Å². The minimum atomic E-state index is -0.459. The van der Waals surface area contributed by atoms with E-state index in [2.05, 4.69) is 15.4 Å². The molecule has 0 saturated carbocycles.